The number of methoxy groups -OCH3 is 1. The standard InChI is InChI=1S/C23H20N2O5/c1-14-9-10-18-16(11-20(26)30-22(18)15(14)2)13-29-23(27)21-19(28-3)12-25(24-21)17-7-5-4-6-8-17/h4-12H,13H2,1-3H3. The third kappa shape index (κ3) is 3.57. The van der Waals surface area contributed by atoms with Gasteiger partial charge in [-0.1, -0.05) is 30.3 Å². The predicted octanol–water partition coefficient (Wildman–Crippen LogP) is 3.96. The van der Waals surface area contributed by atoms with Crippen LogP contribution in [-0.2, 0) is 11.3 Å². The first-order valence-electron chi connectivity index (χ1n) is 9.37. The highest BCUT2D eigenvalue weighted by Gasteiger charge is 2.21. The lowest BCUT2D eigenvalue weighted by atomic mass is 10.0. The Morgan fingerprint density at radius 3 is 2.63 bits per heavy atom. The molecule has 2 aromatic heterocycles. The molecule has 0 fully saturated rings. The number of hydrogen-bond donors (Lipinski definition) is 0. The van der Waals surface area contributed by atoms with E-state index in [1.807, 2.05) is 56.3 Å². The molecule has 4 rings (SSSR count). The summed E-state index contributed by atoms with van der Waals surface area (Å²) in [7, 11) is 1.46. The fourth-order valence-electron chi connectivity index (χ4n) is 3.22. The number of esters is 1. The second-order valence-corrected chi connectivity index (χ2v) is 6.88. The first kappa shape index (κ1) is 19.4. The Morgan fingerprint density at radius 2 is 1.90 bits per heavy atom. The van der Waals surface area contributed by atoms with E-state index in [0.29, 0.717) is 16.9 Å². The van der Waals surface area contributed by atoms with Crippen molar-refractivity contribution < 1.29 is 18.7 Å². The van der Waals surface area contributed by atoms with Crippen LogP contribution in [0.5, 0.6) is 5.75 Å². The van der Waals surface area contributed by atoms with Crippen LogP contribution >= 0.6 is 0 Å². The number of aromatic nitrogens is 2. The van der Waals surface area contributed by atoms with Gasteiger partial charge in [0.15, 0.2) is 5.75 Å². The zero-order valence-electron chi connectivity index (χ0n) is 16.8. The van der Waals surface area contributed by atoms with E-state index in [1.165, 1.54) is 13.2 Å². The van der Waals surface area contributed by atoms with Crippen molar-refractivity contribution in [3.8, 4) is 11.4 Å². The zero-order valence-corrected chi connectivity index (χ0v) is 16.8. The van der Waals surface area contributed by atoms with E-state index >= 15 is 0 Å². The van der Waals surface area contributed by atoms with Gasteiger partial charge in [0.05, 0.1) is 19.0 Å². The van der Waals surface area contributed by atoms with Crippen molar-refractivity contribution in [3.05, 3.63) is 87.5 Å². The number of ether oxygens (including phenoxy) is 2. The lowest BCUT2D eigenvalue weighted by molar-refractivity contribution is 0.0462. The highest BCUT2D eigenvalue weighted by molar-refractivity contribution is 5.90. The van der Waals surface area contributed by atoms with Crippen molar-refractivity contribution >= 4 is 16.9 Å². The lowest BCUT2D eigenvalue weighted by Crippen LogP contribution is -2.10. The Hall–Kier alpha value is -3.87. The summed E-state index contributed by atoms with van der Waals surface area (Å²) < 4.78 is 17.7. The molecule has 4 aromatic rings. The molecule has 0 saturated carbocycles. The van der Waals surface area contributed by atoms with Crippen molar-refractivity contribution in [1.82, 2.24) is 9.78 Å². The molecular weight excluding hydrogens is 384 g/mol. The highest BCUT2D eigenvalue weighted by atomic mass is 16.5. The number of carbonyl (C=O) groups excluding carboxylic acids is 1. The summed E-state index contributed by atoms with van der Waals surface area (Å²) in [6.07, 6.45) is 1.62. The molecule has 0 unspecified atom stereocenters. The number of benzene rings is 2. The molecule has 0 aliphatic heterocycles. The van der Waals surface area contributed by atoms with Crippen molar-refractivity contribution in [2.45, 2.75) is 20.5 Å². The van der Waals surface area contributed by atoms with Gasteiger partial charge in [-0.15, -0.1) is 0 Å². The number of carbonyl (C=O) groups is 1. The van der Waals surface area contributed by atoms with E-state index in [9.17, 15) is 9.59 Å². The molecule has 2 aromatic carbocycles. The average Bonchev–Trinajstić information content (AvgIpc) is 3.20. The molecule has 0 saturated heterocycles. The number of rotatable bonds is 5. The maximum atomic E-state index is 12.7. The van der Waals surface area contributed by atoms with E-state index in [-0.39, 0.29) is 12.3 Å². The number of para-hydroxylation sites is 1. The molecule has 0 bridgehead atoms. The molecule has 152 valence electrons. The Kier molecular flexibility index (Phi) is 5.10. The third-order valence-electron chi connectivity index (χ3n) is 4.99. The van der Waals surface area contributed by atoms with Crippen molar-refractivity contribution in [2.24, 2.45) is 0 Å². The minimum Gasteiger partial charge on any atom is -0.493 e. The number of nitrogens with zero attached hydrogens (tertiary/aromatic N) is 2. The molecule has 0 spiro atoms. The van der Waals surface area contributed by atoms with Gasteiger partial charge in [0.1, 0.15) is 12.2 Å². The van der Waals surface area contributed by atoms with Gasteiger partial charge in [-0.3, -0.25) is 0 Å². The van der Waals surface area contributed by atoms with Crippen LogP contribution in [0.3, 0.4) is 0 Å². The Balaban J connectivity index is 1.62. The van der Waals surface area contributed by atoms with Crippen molar-refractivity contribution in [3.63, 3.8) is 0 Å². The average molecular weight is 404 g/mol. The Labute approximate surface area is 172 Å². The summed E-state index contributed by atoms with van der Waals surface area (Å²) in [6, 6.07) is 14.5. The van der Waals surface area contributed by atoms with Crippen LogP contribution in [0, 0.1) is 13.8 Å². The summed E-state index contributed by atoms with van der Waals surface area (Å²) in [5, 5.41) is 5.03. The molecule has 2 heterocycles. The normalized spacial score (nSPS) is 10.9. The van der Waals surface area contributed by atoms with Gasteiger partial charge < -0.3 is 13.9 Å². The largest absolute Gasteiger partial charge is 0.493 e. The lowest BCUT2D eigenvalue weighted by Gasteiger charge is -2.09. The van der Waals surface area contributed by atoms with E-state index in [2.05, 4.69) is 5.10 Å². The van der Waals surface area contributed by atoms with Crippen LogP contribution in [0.4, 0.5) is 0 Å². The van der Waals surface area contributed by atoms with E-state index in [1.54, 1.807) is 10.9 Å². The molecule has 0 aliphatic rings. The number of hydrogen-bond acceptors (Lipinski definition) is 6. The second-order valence-electron chi connectivity index (χ2n) is 6.88. The van der Waals surface area contributed by atoms with Crippen LogP contribution < -0.4 is 10.4 Å². The van der Waals surface area contributed by atoms with Crippen molar-refractivity contribution in [2.75, 3.05) is 7.11 Å². The molecule has 0 amide bonds. The SMILES string of the molecule is COc1cn(-c2ccccc2)nc1C(=O)OCc1cc(=O)oc2c(C)c(C)ccc12. The van der Waals surface area contributed by atoms with Gasteiger partial charge >= 0.3 is 11.6 Å². The second kappa shape index (κ2) is 7.87. The van der Waals surface area contributed by atoms with Gasteiger partial charge in [-0.05, 0) is 37.1 Å². The van der Waals surface area contributed by atoms with Crippen molar-refractivity contribution in [1.29, 1.82) is 0 Å². The van der Waals surface area contributed by atoms with Gasteiger partial charge in [0.25, 0.3) is 0 Å². The van der Waals surface area contributed by atoms with Gasteiger partial charge in [0, 0.05) is 17.0 Å². The minimum absolute atomic E-state index is 0.0562. The summed E-state index contributed by atoms with van der Waals surface area (Å²) >= 11 is 0. The van der Waals surface area contributed by atoms with Crippen LogP contribution in [0.2, 0.25) is 0 Å². The van der Waals surface area contributed by atoms with Crippen LogP contribution in [0.25, 0.3) is 16.7 Å². The monoisotopic (exact) mass is 404 g/mol. The maximum Gasteiger partial charge on any atom is 0.363 e. The molecule has 7 heteroatoms. The summed E-state index contributed by atoms with van der Waals surface area (Å²) in [4.78, 5) is 24.7. The topological polar surface area (TPSA) is 83.6 Å². The fraction of sp³-hybridized carbons (Fsp3) is 0.174. The minimum atomic E-state index is -0.647. The maximum absolute atomic E-state index is 12.7. The van der Waals surface area contributed by atoms with Crippen LogP contribution in [0.1, 0.15) is 27.2 Å². The Bertz CT molecular complexity index is 1290. The Morgan fingerprint density at radius 1 is 1.13 bits per heavy atom. The summed E-state index contributed by atoms with van der Waals surface area (Å²) in [5.74, 6) is -0.348. The number of aryl methyl sites for hydroxylation is 2. The molecular formula is C23H20N2O5. The highest BCUT2D eigenvalue weighted by Crippen LogP contribution is 2.25. The molecule has 7 nitrogen and oxygen atoms in total. The zero-order chi connectivity index (χ0) is 21.3. The smallest absolute Gasteiger partial charge is 0.363 e. The van der Waals surface area contributed by atoms with E-state index < -0.39 is 11.6 Å². The summed E-state index contributed by atoms with van der Waals surface area (Å²) in [5.41, 5.74) is 3.30. The third-order valence-corrected chi connectivity index (χ3v) is 4.99. The molecule has 30 heavy (non-hydrogen) atoms. The van der Waals surface area contributed by atoms with E-state index in [0.717, 1.165) is 22.2 Å². The van der Waals surface area contributed by atoms with Crippen LogP contribution in [0.15, 0.2) is 63.9 Å². The van der Waals surface area contributed by atoms with Crippen LogP contribution in [-0.4, -0.2) is 22.9 Å². The molecule has 0 aliphatic carbocycles. The summed E-state index contributed by atoms with van der Waals surface area (Å²) in [6.45, 7) is 3.74. The van der Waals surface area contributed by atoms with Gasteiger partial charge in [0.2, 0.25) is 5.69 Å². The van der Waals surface area contributed by atoms with Gasteiger partial charge in [-0.2, -0.15) is 5.10 Å². The quantitative estimate of drug-likeness (QED) is 0.370. The first-order valence-corrected chi connectivity index (χ1v) is 9.37. The predicted molar refractivity (Wildman–Crippen MR) is 111 cm³/mol. The molecule has 0 atom stereocenters. The fourth-order valence-corrected chi connectivity index (χ4v) is 3.22. The molecule has 0 N–H and O–H groups in total. The first-order chi connectivity index (χ1) is 14.5. The number of fused-ring (bicyclic) bond motifs is 1. The van der Waals surface area contributed by atoms with E-state index in [4.69, 9.17) is 13.9 Å². The van der Waals surface area contributed by atoms with Gasteiger partial charge in [-0.25, -0.2) is 14.3 Å². The molecule has 0 radical (unpaired) electrons.